The van der Waals surface area contributed by atoms with Crippen LogP contribution in [-0.2, 0) is 21.4 Å². The number of carbonyl (C=O) groups is 1. The van der Waals surface area contributed by atoms with E-state index in [1.165, 1.54) is 6.21 Å². The summed E-state index contributed by atoms with van der Waals surface area (Å²) in [7, 11) is 0. The lowest BCUT2D eigenvalue weighted by Gasteiger charge is -2.25. The molecule has 2 rings (SSSR count). The van der Waals surface area contributed by atoms with E-state index in [-0.39, 0.29) is 28.5 Å². The lowest BCUT2D eigenvalue weighted by atomic mass is 9.84. The molecule has 6 heteroatoms. The van der Waals surface area contributed by atoms with Gasteiger partial charge in [0.05, 0.1) is 6.61 Å². The predicted molar refractivity (Wildman–Crippen MR) is 132 cm³/mol. The van der Waals surface area contributed by atoms with E-state index in [0.29, 0.717) is 5.56 Å². The topological polar surface area (TPSA) is 70.9 Å². The summed E-state index contributed by atoms with van der Waals surface area (Å²) in [6, 6.07) is 14.9. The van der Waals surface area contributed by atoms with Crippen LogP contribution in [0.2, 0.25) is 0 Å². The lowest BCUT2D eigenvalue weighted by molar-refractivity contribution is -0.137. The van der Waals surface area contributed by atoms with Gasteiger partial charge in [-0.05, 0) is 42.1 Å². The van der Waals surface area contributed by atoms with Crippen molar-refractivity contribution in [2.45, 2.75) is 46.5 Å². The quantitative estimate of drug-likeness (QED) is 0.195. The van der Waals surface area contributed by atoms with Crippen LogP contribution in [0.5, 0.6) is 0 Å². The molecule has 0 unspecified atom stereocenters. The number of esters is 1. The van der Waals surface area contributed by atoms with Gasteiger partial charge in [0.15, 0.2) is 5.11 Å². The molecule has 5 nitrogen and oxygen atoms in total. The van der Waals surface area contributed by atoms with Crippen molar-refractivity contribution in [2.24, 2.45) is 4.99 Å². The molecule has 164 valence electrons. The fraction of sp³-hybridized carbons (Fsp3) is 0.320. The zero-order valence-corrected chi connectivity index (χ0v) is 19.5. The smallest absolute Gasteiger partial charge is 0.343 e. The number of aliphatic imine (C=N–C) groups is 1. The first-order valence-corrected chi connectivity index (χ1v) is 10.7. The van der Waals surface area contributed by atoms with Gasteiger partial charge in [-0.25, -0.2) is 9.79 Å². The number of rotatable bonds is 6. The normalized spacial score (nSPS) is 12.4. The van der Waals surface area contributed by atoms with Crippen LogP contribution in [0.4, 0.5) is 5.69 Å². The molecular weight excluding hydrogens is 408 g/mol. The van der Waals surface area contributed by atoms with Crippen molar-refractivity contribution in [3.8, 4) is 0 Å². The van der Waals surface area contributed by atoms with E-state index in [4.69, 9.17) is 17.0 Å². The van der Waals surface area contributed by atoms with E-state index < -0.39 is 5.97 Å². The van der Waals surface area contributed by atoms with Crippen molar-refractivity contribution in [1.82, 2.24) is 0 Å². The zero-order valence-electron chi connectivity index (χ0n) is 18.7. The monoisotopic (exact) mass is 438 g/mol. The van der Waals surface area contributed by atoms with E-state index in [1.807, 2.05) is 12.1 Å². The van der Waals surface area contributed by atoms with Crippen molar-refractivity contribution < 1.29 is 14.6 Å². The molecule has 2 aromatic carbocycles. The molecule has 2 aromatic rings. The maximum atomic E-state index is 12.4. The number of anilines is 1. The van der Waals surface area contributed by atoms with Crippen LogP contribution in [0.3, 0.4) is 0 Å². The van der Waals surface area contributed by atoms with E-state index in [2.05, 4.69) is 50.1 Å². The second kappa shape index (κ2) is 10.9. The van der Waals surface area contributed by atoms with Crippen LogP contribution in [0.1, 0.15) is 51.3 Å². The van der Waals surface area contributed by atoms with Gasteiger partial charge >= 0.3 is 5.97 Å². The van der Waals surface area contributed by atoms with E-state index in [9.17, 15) is 9.90 Å². The summed E-state index contributed by atoms with van der Waals surface area (Å²) in [5.74, 6) is -0.880. The second-order valence-electron chi connectivity index (χ2n) is 7.98. The van der Waals surface area contributed by atoms with Crippen molar-refractivity contribution in [3.05, 3.63) is 70.8 Å². The summed E-state index contributed by atoms with van der Waals surface area (Å²) in [5.41, 5.74) is 3.51. The fourth-order valence-corrected chi connectivity index (χ4v) is 3.26. The molecule has 0 radical (unpaired) electrons. The highest BCUT2D eigenvalue weighted by molar-refractivity contribution is 7.80. The first-order valence-electron chi connectivity index (χ1n) is 10.3. The first-order chi connectivity index (χ1) is 14.7. The van der Waals surface area contributed by atoms with Crippen molar-refractivity contribution in [2.75, 3.05) is 11.9 Å². The van der Waals surface area contributed by atoms with Crippen LogP contribution in [0, 0.1) is 0 Å². The third kappa shape index (κ3) is 6.49. The number of para-hydroxylation sites is 1. The van der Waals surface area contributed by atoms with Crippen LogP contribution in [0.25, 0.3) is 5.76 Å². The Labute approximate surface area is 189 Å². The number of benzene rings is 2. The van der Waals surface area contributed by atoms with Crippen LogP contribution in [-0.4, -0.2) is 29.0 Å². The summed E-state index contributed by atoms with van der Waals surface area (Å²) in [6.07, 6.45) is 2.09. The van der Waals surface area contributed by atoms with Crippen LogP contribution in [0.15, 0.2) is 59.1 Å². The predicted octanol–water partition coefficient (Wildman–Crippen LogP) is 5.85. The number of aryl methyl sites for hydroxylation is 1. The average molecular weight is 439 g/mol. The summed E-state index contributed by atoms with van der Waals surface area (Å²) >= 11 is 5.43. The van der Waals surface area contributed by atoms with Crippen molar-refractivity contribution in [3.63, 3.8) is 0 Å². The SMILES string of the molecule is CCOC(=O)C(/C=N/C(=S)Nc1c(CC)cccc1C(C)(C)C)=C(/O)c1ccccc1. The molecule has 0 saturated carbocycles. The highest BCUT2D eigenvalue weighted by Crippen LogP contribution is 2.32. The minimum absolute atomic E-state index is 0.0583. The number of ether oxygens (including phenoxy) is 1. The third-order valence-electron chi connectivity index (χ3n) is 4.68. The molecule has 0 spiro atoms. The Kier molecular flexibility index (Phi) is 8.51. The Morgan fingerprint density at radius 2 is 1.81 bits per heavy atom. The largest absolute Gasteiger partial charge is 0.506 e. The van der Waals surface area contributed by atoms with Crippen molar-refractivity contribution in [1.29, 1.82) is 0 Å². The van der Waals surface area contributed by atoms with Gasteiger partial charge in [0.2, 0.25) is 0 Å². The van der Waals surface area contributed by atoms with Gasteiger partial charge in [0.1, 0.15) is 11.3 Å². The minimum Gasteiger partial charge on any atom is -0.506 e. The zero-order chi connectivity index (χ0) is 23.0. The molecule has 0 aliphatic heterocycles. The Morgan fingerprint density at radius 3 is 2.39 bits per heavy atom. The van der Waals surface area contributed by atoms with Crippen LogP contribution < -0.4 is 5.32 Å². The summed E-state index contributed by atoms with van der Waals surface area (Å²) in [4.78, 5) is 16.7. The van der Waals surface area contributed by atoms with Gasteiger partial charge in [-0.3, -0.25) is 0 Å². The number of hydrogen-bond donors (Lipinski definition) is 2. The molecule has 0 aromatic heterocycles. The molecule has 0 saturated heterocycles. The van der Waals surface area contributed by atoms with Crippen LogP contribution >= 0.6 is 12.2 Å². The maximum Gasteiger partial charge on any atom is 0.343 e. The highest BCUT2D eigenvalue weighted by Gasteiger charge is 2.21. The number of hydrogen-bond acceptors (Lipinski definition) is 4. The molecule has 2 N–H and O–H groups in total. The highest BCUT2D eigenvalue weighted by atomic mass is 32.1. The van der Waals surface area contributed by atoms with Gasteiger partial charge in [-0.1, -0.05) is 76.2 Å². The van der Waals surface area contributed by atoms with E-state index in [1.54, 1.807) is 31.2 Å². The number of aliphatic hydroxyl groups excluding tert-OH is 1. The van der Waals surface area contributed by atoms with Gasteiger partial charge in [-0.2, -0.15) is 0 Å². The maximum absolute atomic E-state index is 12.4. The lowest BCUT2D eigenvalue weighted by Crippen LogP contribution is -2.19. The number of nitrogens with zero attached hydrogens (tertiary/aromatic N) is 1. The number of thiocarbonyl (C=S) groups is 1. The molecule has 0 fully saturated rings. The minimum atomic E-state index is -0.667. The molecule has 0 aliphatic carbocycles. The Morgan fingerprint density at radius 1 is 1.13 bits per heavy atom. The van der Waals surface area contributed by atoms with Gasteiger partial charge in [0, 0.05) is 17.5 Å². The summed E-state index contributed by atoms with van der Waals surface area (Å²) in [5, 5.41) is 14.0. The van der Waals surface area contributed by atoms with Gasteiger partial charge in [-0.15, -0.1) is 0 Å². The molecule has 0 atom stereocenters. The third-order valence-corrected chi connectivity index (χ3v) is 4.89. The first kappa shape index (κ1) is 24.3. The summed E-state index contributed by atoms with van der Waals surface area (Å²) < 4.78 is 5.09. The molecular formula is C25H30N2O3S. The Balaban J connectivity index is 2.39. The standard InChI is InChI=1S/C25H30N2O3S/c1-6-17-14-11-15-20(25(3,4)5)21(17)27-24(31)26-16-19(23(29)30-7-2)22(28)18-12-9-8-10-13-18/h8-16,28H,6-7H2,1-5H3,(H,27,31)/b22-19+,26-16+. The molecule has 0 amide bonds. The van der Waals surface area contributed by atoms with Gasteiger partial charge < -0.3 is 15.2 Å². The Bertz CT molecular complexity index is 990. The molecule has 0 heterocycles. The second-order valence-corrected chi connectivity index (χ2v) is 8.37. The van der Waals surface area contributed by atoms with Crippen molar-refractivity contribution >= 4 is 41.0 Å². The van der Waals surface area contributed by atoms with E-state index >= 15 is 0 Å². The number of aliphatic hydroxyl groups is 1. The number of nitrogens with one attached hydrogen (secondary N) is 1. The number of carbonyl (C=O) groups excluding carboxylic acids is 1. The Hall–Kier alpha value is -2.99. The molecule has 31 heavy (non-hydrogen) atoms. The molecule has 0 bridgehead atoms. The average Bonchev–Trinajstić information content (AvgIpc) is 2.74. The van der Waals surface area contributed by atoms with E-state index in [0.717, 1.165) is 23.2 Å². The summed E-state index contributed by atoms with van der Waals surface area (Å²) in [6.45, 7) is 10.4. The fourth-order valence-electron chi connectivity index (χ4n) is 3.10. The molecule has 0 aliphatic rings. The van der Waals surface area contributed by atoms with Gasteiger partial charge in [0.25, 0.3) is 0 Å².